The van der Waals surface area contributed by atoms with E-state index in [0.29, 0.717) is 17.7 Å². The average Bonchev–Trinajstić information content (AvgIpc) is 3.16. The monoisotopic (exact) mass is 434 g/mol. The molecule has 0 unspecified atom stereocenters. The first kappa shape index (κ1) is 20.1. The van der Waals surface area contributed by atoms with Gasteiger partial charge in [0.1, 0.15) is 4.83 Å². The number of fused-ring (bicyclic) bond motifs is 1. The smallest absolute Gasteiger partial charge is 0.255 e. The van der Waals surface area contributed by atoms with E-state index < -0.39 is 9.84 Å². The Morgan fingerprint density at radius 3 is 2.57 bits per heavy atom. The van der Waals surface area contributed by atoms with Crippen LogP contribution in [0.4, 0.5) is 0 Å². The lowest BCUT2D eigenvalue weighted by Gasteiger charge is -2.05. The van der Waals surface area contributed by atoms with Crippen LogP contribution >= 0.6 is 11.3 Å². The van der Waals surface area contributed by atoms with Crippen molar-refractivity contribution < 1.29 is 8.42 Å². The molecule has 0 saturated heterocycles. The van der Waals surface area contributed by atoms with Gasteiger partial charge in [0.25, 0.3) is 5.56 Å². The summed E-state index contributed by atoms with van der Waals surface area (Å²) in [6.07, 6.45) is 7.67. The van der Waals surface area contributed by atoms with Crippen molar-refractivity contribution in [2.75, 3.05) is 6.26 Å². The van der Waals surface area contributed by atoms with Crippen LogP contribution in [0, 0.1) is 11.8 Å². The Morgan fingerprint density at radius 2 is 1.87 bits per heavy atom. The van der Waals surface area contributed by atoms with E-state index in [9.17, 15) is 13.2 Å². The highest BCUT2D eigenvalue weighted by molar-refractivity contribution is 7.90. The van der Waals surface area contributed by atoms with Crippen LogP contribution in [0.15, 0.2) is 76.8 Å². The fraction of sp³-hybridized carbons (Fsp3) is 0.130. The van der Waals surface area contributed by atoms with Gasteiger partial charge >= 0.3 is 0 Å². The summed E-state index contributed by atoms with van der Waals surface area (Å²) in [6.45, 7) is 0. The van der Waals surface area contributed by atoms with Crippen LogP contribution in [-0.2, 0) is 22.7 Å². The predicted molar refractivity (Wildman–Crippen MR) is 119 cm³/mol. The normalized spacial score (nSPS) is 11.2. The highest BCUT2D eigenvalue weighted by atomic mass is 32.2. The molecule has 0 aliphatic heterocycles. The number of pyridine rings is 2. The minimum absolute atomic E-state index is 0.0993. The highest BCUT2D eigenvalue weighted by Crippen LogP contribution is 2.23. The molecule has 30 heavy (non-hydrogen) atoms. The summed E-state index contributed by atoms with van der Waals surface area (Å²) in [5, 5.41) is 0. The summed E-state index contributed by atoms with van der Waals surface area (Å²) in [5.74, 6) is 6.28. The first-order chi connectivity index (χ1) is 14.4. The lowest BCUT2D eigenvalue weighted by atomic mass is 10.1. The summed E-state index contributed by atoms with van der Waals surface area (Å²) in [7, 11) is -3.22. The number of aromatic nitrogens is 2. The van der Waals surface area contributed by atoms with Gasteiger partial charge in [-0.3, -0.25) is 14.2 Å². The summed E-state index contributed by atoms with van der Waals surface area (Å²) in [5.41, 5.74) is 2.91. The van der Waals surface area contributed by atoms with Gasteiger partial charge in [0.2, 0.25) is 0 Å². The van der Waals surface area contributed by atoms with Crippen molar-refractivity contribution in [3.05, 3.63) is 99.0 Å². The number of sulfone groups is 1. The summed E-state index contributed by atoms with van der Waals surface area (Å²) < 4.78 is 24.9. The van der Waals surface area contributed by atoms with Crippen LogP contribution in [0.1, 0.15) is 21.6 Å². The van der Waals surface area contributed by atoms with E-state index in [0.717, 1.165) is 26.4 Å². The number of hydrogen-bond acceptors (Lipinski definition) is 5. The van der Waals surface area contributed by atoms with Gasteiger partial charge in [-0.05, 0) is 34.9 Å². The molecule has 7 heteroatoms. The van der Waals surface area contributed by atoms with E-state index in [-0.39, 0.29) is 5.56 Å². The van der Waals surface area contributed by atoms with Crippen molar-refractivity contribution in [3.8, 4) is 11.8 Å². The molecule has 0 bridgehead atoms. The van der Waals surface area contributed by atoms with Crippen LogP contribution in [-0.4, -0.2) is 24.1 Å². The molecule has 4 aromatic rings. The topological polar surface area (TPSA) is 68.5 Å². The summed E-state index contributed by atoms with van der Waals surface area (Å²) in [4.78, 5) is 18.3. The Hall–Kier alpha value is -3.21. The Kier molecular flexibility index (Phi) is 5.53. The lowest BCUT2D eigenvalue weighted by Crippen LogP contribution is -2.10. The maximum Gasteiger partial charge on any atom is 0.255 e. The molecule has 1 aromatic carbocycles. The SMILES string of the molecule is CS(=O)(=O)c1ccc(Cc2ccc(=O)n3cc(C#CCc4cccnc4)sc23)cc1. The van der Waals surface area contributed by atoms with Gasteiger partial charge in [0.15, 0.2) is 9.84 Å². The maximum absolute atomic E-state index is 12.3. The van der Waals surface area contributed by atoms with Crippen LogP contribution in [0.3, 0.4) is 0 Å². The molecule has 3 aromatic heterocycles. The Balaban J connectivity index is 1.62. The first-order valence-corrected chi connectivity index (χ1v) is 11.9. The van der Waals surface area contributed by atoms with Crippen molar-refractivity contribution in [1.29, 1.82) is 0 Å². The lowest BCUT2D eigenvalue weighted by molar-refractivity contribution is 0.602. The van der Waals surface area contributed by atoms with Gasteiger partial charge in [0.05, 0.1) is 9.77 Å². The highest BCUT2D eigenvalue weighted by Gasteiger charge is 2.10. The molecular formula is C23H18N2O3S2. The second-order valence-corrected chi connectivity index (χ2v) is 9.95. The van der Waals surface area contributed by atoms with Gasteiger partial charge in [-0.1, -0.05) is 36.1 Å². The van der Waals surface area contributed by atoms with Crippen molar-refractivity contribution in [1.82, 2.24) is 9.38 Å². The molecule has 0 spiro atoms. The molecule has 5 nitrogen and oxygen atoms in total. The standard InChI is InChI=1S/C23H18N2O3S2/c1-30(27,28)21-10-7-17(8-11-21)14-19-9-12-22(26)25-16-20(29-23(19)25)6-2-4-18-5-3-13-24-15-18/h3,5,7-13,15-16H,4,14H2,1H3. The minimum Gasteiger partial charge on any atom is -0.273 e. The molecule has 150 valence electrons. The number of benzene rings is 1. The molecule has 0 amide bonds. The Bertz CT molecular complexity index is 1420. The fourth-order valence-corrected chi connectivity index (χ4v) is 4.70. The largest absolute Gasteiger partial charge is 0.273 e. The molecule has 0 N–H and O–H groups in total. The first-order valence-electron chi connectivity index (χ1n) is 9.21. The van der Waals surface area contributed by atoms with Gasteiger partial charge in [-0.15, -0.1) is 11.3 Å². The van der Waals surface area contributed by atoms with Gasteiger partial charge in [0, 0.05) is 43.8 Å². The number of rotatable bonds is 4. The number of hydrogen-bond donors (Lipinski definition) is 0. The predicted octanol–water partition coefficient (Wildman–Crippen LogP) is 3.34. The Morgan fingerprint density at radius 1 is 1.07 bits per heavy atom. The van der Waals surface area contributed by atoms with Crippen LogP contribution in [0.5, 0.6) is 0 Å². The third kappa shape index (κ3) is 4.51. The Labute approximate surface area is 178 Å². The molecule has 4 rings (SSSR count). The van der Waals surface area contributed by atoms with Crippen LogP contribution in [0.25, 0.3) is 4.83 Å². The van der Waals surface area contributed by atoms with Crippen LogP contribution < -0.4 is 5.56 Å². The third-order valence-electron chi connectivity index (χ3n) is 4.58. The number of thiazole rings is 1. The molecule has 0 aliphatic rings. The quantitative estimate of drug-likeness (QED) is 0.462. The van der Waals surface area contributed by atoms with Crippen molar-refractivity contribution in [2.24, 2.45) is 0 Å². The zero-order valence-electron chi connectivity index (χ0n) is 16.2. The molecule has 0 atom stereocenters. The number of nitrogens with zero attached hydrogens (tertiary/aromatic N) is 2. The van der Waals surface area contributed by atoms with E-state index in [1.165, 1.54) is 17.6 Å². The molecular weight excluding hydrogens is 416 g/mol. The van der Waals surface area contributed by atoms with Crippen molar-refractivity contribution in [2.45, 2.75) is 17.7 Å². The van der Waals surface area contributed by atoms with Crippen molar-refractivity contribution >= 4 is 26.0 Å². The van der Waals surface area contributed by atoms with E-state index >= 15 is 0 Å². The van der Waals surface area contributed by atoms with Gasteiger partial charge in [-0.25, -0.2) is 8.42 Å². The average molecular weight is 435 g/mol. The van der Waals surface area contributed by atoms with E-state index in [1.54, 1.807) is 53.3 Å². The molecule has 3 heterocycles. The zero-order chi connectivity index (χ0) is 21.1. The zero-order valence-corrected chi connectivity index (χ0v) is 17.8. The van der Waals surface area contributed by atoms with Gasteiger partial charge < -0.3 is 0 Å². The molecule has 0 aliphatic carbocycles. The van der Waals surface area contributed by atoms with Gasteiger partial charge in [-0.2, -0.15) is 0 Å². The van der Waals surface area contributed by atoms with Crippen molar-refractivity contribution in [3.63, 3.8) is 0 Å². The second kappa shape index (κ2) is 8.27. The third-order valence-corrected chi connectivity index (χ3v) is 6.79. The summed E-state index contributed by atoms with van der Waals surface area (Å²) in [6, 6.07) is 14.1. The second-order valence-electron chi connectivity index (χ2n) is 6.90. The van der Waals surface area contributed by atoms with E-state index in [1.807, 2.05) is 18.2 Å². The summed E-state index contributed by atoms with van der Waals surface area (Å²) >= 11 is 1.48. The molecule has 0 fully saturated rings. The van der Waals surface area contributed by atoms with Crippen LogP contribution in [0.2, 0.25) is 0 Å². The minimum atomic E-state index is -3.22. The fourth-order valence-electron chi connectivity index (χ4n) is 3.07. The molecule has 0 radical (unpaired) electrons. The van der Waals surface area contributed by atoms with E-state index in [2.05, 4.69) is 16.8 Å². The maximum atomic E-state index is 12.3. The molecule has 0 saturated carbocycles. The van der Waals surface area contributed by atoms with E-state index in [4.69, 9.17) is 0 Å².